The van der Waals surface area contributed by atoms with E-state index in [1.165, 1.54) is 6.07 Å². The predicted octanol–water partition coefficient (Wildman–Crippen LogP) is 5.46. The van der Waals surface area contributed by atoms with Crippen LogP contribution in [0.2, 0.25) is 0 Å². The Labute approximate surface area is 223 Å². The normalized spacial score (nSPS) is 14.7. The number of aromatic nitrogens is 3. The fourth-order valence-corrected chi connectivity index (χ4v) is 4.82. The van der Waals surface area contributed by atoms with Crippen LogP contribution in [0.1, 0.15) is 23.6 Å². The van der Waals surface area contributed by atoms with Crippen molar-refractivity contribution in [1.82, 2.24) is 19.4 Å². The summed E-state index contributed by atoms with van der Waals surface area (Å²) < 4.78 is 41.1. The summed E-state index contributed by atoms with van der Waals surface area (Å²) >= 11 is 0. The number of carbonyl (C=O) groups excluding carboxylic acids is 1. The molecule has 2 aromatic heterocycles. The van der Waals surface area contributed by atoms with Gasteiger partial charge in [0.1, 0.15) is 17.4 Å². The van der Waals surface area contributed by atoms with Gasteiger partial charge in [0.05, 0.1) is 23.0 Å². The number of anilines is 1. The van der Waals surface area contributed by atoms with Crippen molar-refractivity contribution < 1.29 is 23.1 Å². The number of pyridine rings is 1. The highest BCUT2D eigenvalue weighted by Crippen LogP contribution is 2.32. The molecular weight excluding hydrogens is 507 g/mol. The van der Waals surface area contributed by atoms with Crippen molar-refractivity contribution in [3.05, 3.63) is 83.6 Å². The Bertz CT molecular complexity index is 1540. The van der Waals surface area contributed by atoms with E-state index < -0.39 is 11.7 Å². The second-order valence-electron chi connectivity index (χ2n) is 9.52. The van der Waals surface area contributed by atoms with Crippen LogP contribution in [-0.2, 0) is 24.4 Å². The third kappa shape index (κ3) is 5.45. The van der Waals surface area contributed by atoms with Gasteiger partial charge in [0, 0.05) is 50.6 Å². The highest BCUT2D eigenvalue weighted by Gasteiger charge is 2.31. The van der Waals surface area contributed by atoms with E-state index in [0.717, 1.165) is 23.5 Å². The number of aliphatic hydroxyl groups excluding tert-OH is 1. The lowest BCUT2D eigenvalue weighted by atomic mass is 10.1. The van der Waals surface area contributed by atoms with Crippen molar-refractivity contribution >= 4 is 28.5 Å². The lowest BCUT2D eigenvalue weighted by Crippen LogP contribution is -2.49. The minimum atomic E-state index is -4.43. The van der Waals surface area contributed by atoms with Gasteiger partial charge in [0.2, 0.25) is 5.91 Å². The summed E-state index contributed by atoms with van der Waals surface area (Å²) in [6.45, 7) is 4.14. The van der Waals surface area contributed by atoms with Gasteiger partial charge in [-0.05, 0) is 55.0 Å². The molecule has 0 bridgehead atoms. The van der Waals surface area contributed by atoms with Gasteiger partial charge in [-0.3, -0.25) is 4.79 Å². The molecule has 1 aliphatic heterocycles. The average molecular weight is 536 g/mol. The molecule has 3 heterocycles. The molecule has 1 saturated heterocycles. The third-order valence-electron chi connectivity index (χ3n) is 7.02. The molecule has 0 saturated carbocycles. The van der Waals surface area contributed by atoms with Gasteiger partial charge in [0.25, 0.3) is 0 Å². The number of fused-ring (bicyclic) bond motifs is 1. The van der Waals surface area contributed by atoms with E-state index in [0.29, 0.717) is 48.6 Å². The number of alkyl halides is 3. The molecular formula is C29H28F3N5O2. The Hall–Kier alpha value is -4.34. The van der Waals surface area contributed by atoms with Gasteiger partial charge in [0.15, 0.2) is 0 Å². The van der Waals surface area contributed by atoms with Gasteiger partial charge < -0.3 is 19.5 Å². The summed E-state index contributed by atoms with van der Waals surface area (Å²) in [4.78, 5) is 25.8. The number of halogens is 3. The van der Waals surface area contributed by atoms with Gasteiger partial charge in [-0.25, -0.2) is 9.97 Å². The first kappa shape index (κ1) is 26.3. The number of imidazole rings is 1. The number of rotatable bonds is 5. The maximum atomic E-state index is 13.1. The summed E-state index contributed by atoms with van der Waals surface area (Å²) in [6, 6.07) is 14.6. The molecule has 10 heteroatoms. The molecule has 7 nitrogen and oxygen atoms in total. The zero-order chi connectivity index (χ0) is 27.7. The van der Waals surface area contributed by atoms with Crippen molar-refractivity contribution in [3.63, 3.8) is 0 Å². The van der Waals surface area contributed by atoms with Crippen LogP contribution in [0.3, 0.4) is 0 Å². The number of piperazine rings is 1. The number of aryl methyl sites for hydroxylation is 1. The average Bonchev–Trinajstić information content (AvgIpc) is 3.28. The summed E-state index contributed by atoms with van der Waals surface area (Å²) in [5.74, 6) is 1.51. The van der Waals surface area contributed by atoms with E-state index in [4.69, 9.17) is 0 Å². The van der Waals surface area contributed by atoms with E-state index in [9.17, 15) is 23.1 Å². The third-order valence-corrected chi connectivity index (χ3v) is 7.02. The predicted molar refractivity (Wildman–Crippen MR) is 144 cm³/mol. The number of benzene rings is 2. The Morgan fingerprint density at radius 3 is 2.49 bits per heavy atom. The fourth-order valence-electron chi connectivity index (χ4n) is 4.82. The number of allylic oxidation sites excluding steroid dienone is 1. The van der Waals surface area contributed by atoms with Crippen LogP contribution in [0.5, 0.6) is 0 Å². The largest absolute Gasteiger partial charge is 0.508 e. The fraction of sp³-hybridized carbons (Fsp3) is 0.276. The SMILES string of the molecule is C/C=C(\O)c1cccc(CC(=O)N2CCN(c3ccc(-c4nc5cc(C(F)(F)F)ccc5n4C)cn3)CC2)c1. The van der Waals surface area contributed by atoms with Crippen molar-refractivity contribution in [2.24, 2.45) is 7.05 Å². The van der Waals surface area contributed by atoms with E-state index in [1.807, 2.05) is 35.2 Å². The van der Waals surface area contributed by atoms with E-state index in [1.54, 1.807) is 36.9 Å². The molecule has 2 aromatic carbocycles. The lowest BCUT2D eigenvalue weighted by molar-refractivity contribution is -0.137. The topological polar surface area (TPSA) is 74.5 Å². The molecule has 1 N–H and O–H groups in total. The first-order valence-electron chi connectivity index (χ1n) is 12.6. The Morgan fingerprint density at radius 1 is 1.05 bits per heavy atom. The van der Waals surface area contributed by atoms with E-state index >= 15 is 0 Å². The molecule has 4 aromatic rings. The monoisotopic (exact) mass is 535 g/mol. The van der Waals surface area contributed by atoms with Crippen LogP contribution in [0.4, 0.5) is 19.0 Å². The maximum absolute atomic E-state index is 13.1. The summed E-state index contributed by atoms with van der Waals surface area (Å²) in [7, 11) is 1.77. The quantitative estimate of drug-likeness (QED) is 0.344. The zero-order valence-electron chi connectivity index (χ0n) is 21.6. The molecule has 39 heavy (non-hydrogen) atoms. The summed E-state index contributed by atoms with van der Waals surface area (Å²) in [5.41, 5.74) is 2.39. The van der Waals surface area contributed by atoms with Crippen molar-refractivity contribution in [1.29, 1.82) is 0 Å². The minimum absolute atomic E-state index is 0.0330. The van der Waals surface area contributed by atoms with Gasteiger partial charge in [-0.1, -0.05) is 18.2 Å². The van der Waals surface area contributed by atoms with Gasteiger partial charge in [-0.2, -0.15) is 13.2 Å². The maximum Gasteiger partial charge on any atom is 0.416 e. The number of nitrogens with zero attached hydrogens (tertiary/aromatic N) is 5. The van der Waals surface area contributed by atoms with E-state index in [-0.39, 0.29) is 23.6 Å². The van der Waals surface area contributed by atoms with Crippen molar-refractivity contribution in [2.45, 2.75) is 19.5 Å². The number of aliphatic hydroxyl groups is 1. The molecule has 5 rings (SSSR count). The van der Waals surface area contributed by atoms with E-state index in [2.05, 4.69) is 14.9 Å². The highest BCUT2D eigenvalue weighted by atomic mass is 19.4. The highest BCUT2D eigenvalue weighted by molar-refractivity contribution is 5.81. The molecule has 202 valence electrons. The van der Waals surface area contributed by atoms with Crippen molar-refractivity contribution in [3.8, 4) is 11.4 Å². The lowest BCUT2D eigenvalue weighted by Gasteiger charge is -2.35. The second kappa shape index (κ2) is 10.4. The number of hydrogen-bond donors (Lipinski definition) is 1. The van der Waals surface area contributed by atoms with Crippen LogP contribution in [0, 0.1) is 0 Å². The zero-order valence-corrected chi connectivity index (χ0v) is 21.6. The van der Waals surface area contributed by atoms with Crippen LogP contribution >= 0.6 is 0 Å². The van der Waals surface area contributed by atoms with Crippen LogP contribution in [-0.4, -0.2) is 56.6 Å². The molecule has 0 spiro atoms. The van der Waals surface area contributed by atoms with Crippen LogP contribution in [0.25, 0.3) is 28.2 Å². The Balaban J connectivity index is 1.23. The number of amides is 1. The number of carbonyl (C=O) groups is 1. The Kier molecular flexibility index (Phi) is 7.03. The van der Waals surface area contributed by atoms with Crippen molar-refractivity contribution in [2.75, 3.05) is 31.1 Å². The van der Waals surface area contributed by atoms with Crippen LogP contribution in [0.15, 0.2) is 66.9 Å². The molecule has 0 atom stereocenters. The first-order chi connectivity index (χ1) is 18.6. The molecule has 0 aliphatic carbocycles. The minimum Gasteiger partial charge on any atom is -0.508 e. The second-order valence-corrected chi connectivity index (χ2v) is 9.52. The smallest absolute Gasteiger partial charge is 0.416 e. The molecule has 1 amide bonds. The first-order valence-corrected chi connectivity index (χ1v) is 12.6. The summed E-state index contributed by atoms with van der Waals surface area (Å²) in [6.07, 6.45) is -0.872. The Morgan fingerprint density at radius 2 is 1.82 bits per heavy atom. The standard InChI is InChI=1S/C29H28F3N5O2/c1-3-25(38)20-6-4-5-19(15-20)16-27(39)37-13-11-36(12-14-37)26-10-7-21(18-33-26)28-34-23-17-22(29(30,31)32)8-9-24(23)35(28)2/h3-10,15,17-18,38H,11-14,16H2,1-2H3/b25-3-. The molecule has 1 fully saturated rings. The molecule has 1 aliphatic rings. The molecule has 0 unspecified atom stereocenters. The van der Waals surface area contributed by atoms with Crippen LogP contribution < -0.4 is 4.90 Å². The number of hydrogen-bond acceptors (Lipinski definition) is 5. The molecule has 0 radical (unpaired) electrons. The van der Waals surface area contributed by atoms with Gasteiger partial charge >= 0.3 is 6.18 Å². The van der Waals surface area contributed by atoms with Gasteiger partial charge in [-0.15, -0.1) is 0 Å². The summed E-state index contributed by atoms with van der Waals surface area (Å²) in [5, 5.41) is 9.95.